The van der Waals surface area contributed by atoms with E-state index in [0.29, 0.717) is 0 Å². The van der Waals surface area contributed by atoms with Crippen LogP contribution in [0.2, 0.25) is 0 Å². The van der Waals surface area contributed by atoms with Crippen molar-refractivity contribution in [3.8, 4) is 0 Å². The molecule has 0 unspecified atom stereocenters. The van der Waals surface area contributed by atoms with E-state index in [1.807, 2.05) is 0 Å². The summed E-state index contributed by atoms with van der Waals surface area (Å²) in [6, 6.07) is 1.73. The number of nitrogens with one attached hydrogen (secondary N) is 1. The van der Waals surface area contributed by atoms with E-state index in [2.05, 4.69) is 5.32 Å². The number of hydrogen-bond acceptors (Lipinski definition) is 2. The third-order valence-corrected chi connectivity index (χ3v) is 1.76. The van der Waals surface area contributed by atoms with E-state index < -0.39 is 23.2 Å². The highest BCUT2D eigenvalue weighted by Crippen LogP contribution is 2.17. The number of amides is 1. The first kappa shape index (κ1) is 11.4. The summed E-state index contributed by atoms with van der Waals surface area (Å²) in [5, 5.41) is 2.52. The Morgan fingerprint density at radius 3 is 2.20 bits per heavy atom. The standard InChI is InChI=1S/C10H12F2N2O/c1-5(2)14-10(15)6-3-7(11)9(13)8(12)4-6/h3-5H,13H2,1-2H3,(H,14,15). The molecule has 0 heterocycles. The zero-order valence-corrected chi connectivity index (χ0v) is 8.47. The molecule has 0 aromatic heterocycles. The molecule has 1 aromatic rings. The van der Waals surface area contributed by atoms with Gasteiger partial charge in [0.15, 0.2) is 0 Å². The molecule has 0 saturated carbocycles. The third kappa shape index (κ3) is 2.65. The van der Waals surface area contributed by atoms with Crippen LogP contribution in [0.3, 0.4) is 0 Å². The minimum atomic E-state index is -0.927. The van der Waals surface area contributed by atoms with Gasteiger partial charge in [0.25, 0.3) is 5.91 Å². The monoisotopic (exact) mass is 214 g/mol. The van der Waals surface area contributed by atoms with Crippen LogP contribution in [0, 0.1) is 11.6 Å². The highest BCUT2D eigenvalue weighted by molar-refractivity contribution is 5.94. The van der Waals surface area contributed by atoms with Gasteiger partial charge in [-0.05, 0) is 26.0 Å². The van der Waals surface area contributed by atoms with Crippen molar-refractivity contribution in [2.45, 2.75) is 19.9 Å². The van der Waals surface area contributed by atoms with Gasteiger partial charge in [-0.25, -0.2) is 8.78 Å². The molecular weight excluding hydrogens is 202 g/mol. The van der Waals surface area contributed by atoms with Crippen molar-refractivity contribution in [2.75, 3.05) is 5.73 Å². The first-order chi connectivity index (χ1) is 6.91. The van der Waals surface area contributed by atoms with Crippen molar-refractivity contribution in [3.63, 3.8) is 0 Å². The molecule has 5 heteroatoms. The molecule has 0 aliphatic carbocycles. The number of nitrogens with two attached hydrogens (primary N) is 1. The summed E-state index contributed by atoms with van der Waals surface area (Å²) in [6.45, 7) is 3.50. The van der Waals surface area contributed by atoms with Gasteiger partial charge in [0.2, 0.25) is 0 Å². The zero-order chi connectivity index (χ0) is 11.6. The Kier molecular flexibility index (Phi) is 3.24. The summed E-state index contributed by atoms with van der Waals surface area (Å²) in [7, 11) is 0. The van der Waals surface area contributed by atoms with Crippen LogP contribution in [0.15, 0.2) is 12.1 Å². The van der Waals surface area contributed by atoms with Crippen LogP contribution in [-0.4, -0.2) is 11.9 Å². The first-order valence-electron chi connectivity index (χ1n) is 4.47. The number of carbonyl (C=O) groups excluding carboxylic acids is 1. The van der Waals surface area contributed by atoms with Crippen molar-refractivity contribution < 1.29 is 13.6 Å². The van der Waals surface area contributed by atoms with Gasteiger partial charge < -0.3 is 11.1 Å². The predicted molar refractivity (Wildman–Crippen MR) is 53.4 cm³/mol. The van der Waals surface area contributed by atoms with Gasteiger partial charge in [0.1, 0.15) is 17.3 Å². The van der Waals surface area contributed by atoms with Crippen LogP contribution in [0.5, 0.6) is 0 Å². The molecule has 1 amide bonds. The molecule has 0 fully saturated rings. The molecule has 0 radical (unpaired) electrons. The molecular formula is C10H12F2N2O. The fourth-order valence-corrected chi connectivity index (χ4v) is 1.06. The lowest BCUT2D eigenvalue weighted by Gasteiger charge is -2.09. The zero-order valence-electron chi connectivity index (χ0n) is 8.47. The molecule has 3 N–H and O–H groups in total. The molecule has 1 rings (SSSR count). The van der Waals surface area contributed by atoms with Gasteiger partial charge >= 0.3 is 0 Å². The van der Waals surface area contributed by atoms with E-state index in [9.17, 15) is 13.6 Å². The van der Waals surface area contributed by atoms with Crippen LogP contribution in [0.4, 0.5) is 14.5 Å². The average molecular weight is 214 g/mol. The van der Waals surface area contributed by atoms with Gasteiger partial charge in [-0.15, -0.1) is 0 Å². The van der Waals surface area contributed by atoms with Gasteiger partial charge in [0.05, 0.1) is 0 Å². The Balaban J connectivity index is 3.01. The smallest absolute Gasteiger partial charge is 0.251 e. The van der Waals surface area contributed by atoms with Crippen molar-refractivity contribution in [1.82, 2.24) is 5.32 Å². The number of anilines is 1. The molecule has 0 bridgehead atoms. The summed E-state index contributed by atoms with van der Waals surface area (Å²) >= 11 is 0. The number of hydrogen-bond donors (Lipinski definition) is 2. The number of nitrogen functional groups attached to an aromatic ring is 1. The lowest BCUT2D eigenvalue weighted by atomic mass is 10.1. The second-order valence-electron chi connectivity index (χ2n) is 3.48. The van der Waals surface area contributed by atoms with Crippen molar-refractivity contribution in [2.24, 2.45) is 0 Å². The topological polar surface area (TPSA) is 55.1 Å². The van der Waals surface area contributed by atoms with Crippen molar-refractivity contribution in [1.29, 1.82) is 0 Å². The Morgan fingerprint density at radius 2 is 1.80 bits per heavy atom. The van der Waals surface area contributed by atoms with E-state index in [1.165, 1.54) is 0 Å². The summed E-state index contributed by atoms with van der Waals surface area (Å²) in [6.07, 6.45) is 0. The summed E-state index contributed by atoms with van der Waals surface area (Å²) < 4.78 is 26.0. The fraction of sp³-hybridized carbons (Fsp3) is 0.300. The minimum Gasteiger partial charge on any atom is -0.394 e. The van der Waals surface area contributed by atoms with E-state index >= 15 is 0 Å². The van der Waals surface area contributed by atoms with Crippen LogP contribution in [0.1, 0.15) is 24.2 Å². The molecule has 0 saturated heterocycles. The average Bonchev–Trinajstić information content (AvgIpc) is 2.12. The number of benzene rings is 1. The molecule has 0 aliphatic heterocycles. The highest BCUT2D eigenvalue weighted by Gasteiger charge is 2.13. The quantitative estimate of drug-likeness (QED) is 0.736. The fourth-order valence-electron chi connectivity index (χ4n) is 1.06. The van der Waals surface area contributed by atoms with Crippen LogP contribution < -0.4 is 11.1 Å². The third-order valence-electron chi connectivity index (χ3n) is 1.76. The van der Waals surface area contributed by atoms with Crippen molar-refractivity contribution in [3.05, 3.63) is 29.3 Å². The second kappa shape index (κ2) is 4.25. The Bertz CT molecular complexity index is 368. The number of rotatable bonds is 2. The lowest BCUT2D eigenvalue weighted by Crippen LogP contribution is -2.30. The van der Waals surface area contributed by atoms with E-state index in [1.54, 1.807) is 13.8 Å². The highest BCUT2D eigenvalue weighted by atomic mass is 19.1. The van der Waals surface area contributed by atoms with E-state index in [4.69, 9.17) is 5.73 Å². The second-order valence-corrected chi connectivity index (χ2v) is 3.48. The van der Waals surface area contributed by atoms with Gasteiger partial charge in [-0.3, -0.25) is 4.79 Å². The molecule has 82 valence electrons. The van der Waals surface area contributed by atoms with Gasteiger partial charge in [0, 0.05) is 11.6 Å². The minimum absolute atomic E-state index is 0.0760. The number of carbonyl (C=O) groups is 1. The van der Waals surface area contributed by atoms with Crippen molar-refractivity contribution >= 4 is 11.6 Å². The maximum Gasteiger partial charge on any atom is 0.251 e. The predicted octanol–water partition coefficient (Wildman–Crippen LogP) is 1.69. The van der Waals surface area contributed by atoms with Crippen LogP contribution >= 0.6 is 0 Å². The largest absolute Gasteiger partial charge is 0.394 e. The van der Waals surface area contributed by atoms with Gasteiger partial charge in [-0.2, -0.15) is 0 Å². The summed E-state index contributed by atoms with van der Waals surface area (Å²) in [5.41, 5.74) is 4.42. The van der Waals surface area contributed by atoms with E-state index in [0.717, 1.165) is 12.1 Å². The van der Waals surface area contributed by atoms with Gasteiger partial charge in [-0.1, -0.05) is 0 Å². The normalized spacial score (nSPS) is 10.5. The molecule has 0 spiro atoms. The summed E-state index contributed by atoms with van der Waals surface area (Å²) in [5.74, 6) is -2.38. The Hall–Kier alpha value is -1.65. The maximum absolute atomic E-state index is 13.0. The van der Waals surface area contributed by atoms with Crippen LogP contribution in [0.25, 0.3) is 0 Å². The molecule has 0 aliphatic rings. The lowest BCUT2D eigenvalue weighted by molar-refractivity contribution is 0.0942. The number of halogens is 2. The molecule has 0 atom stereocenters. The summed E-state index contributed by atoms with van der Waals surface area (Å²) in [4.78, 5) is 11.4. The molecule has 1 aromatic carbocycles. The Labute approximate surface area is 86.3 Å². The SMILES string of the molecule is CC(C)NC(=O)c1cc(F)c(N)c(F)c1. The maximum atomic E-state index is 13.0. The van der Waals surface area contributed by atoms with Crippen LogP contribution in [-0.2, 0) is 0 Å². The molecule has 3 nitrogen and oxygen atoms in total. The first-order valence-corrected chi connectivity index (χ1v) is 4.47. The molecule has 15 heavy (non-hydrogen) atoms. The Morgan fingerprint density at radius 1 is 1.33 bits per heavy atom. The van der Waals surface area contributed by atoms with E-state index in [-0.39, 0.29) is 11.6 Å².